The van der Waals surface area contributed by atoms with E-state index in [4.69, 9.17) is 4.74 Å². The first-order valence-corrected chi connectivity index (χ1v) is 9.80. The molecule has 0 aromatic carbocycles. The van der Waals surface area contributed by atoms with Crippen molar-refractivity contribution in [1.82, 2.24) is 0 Å². The predicted molar refractivity (Wildman–Crippen MR) is 92.7 cm³/mol. The summed E-state index contributed by atoms with van der Waals surface area (Å²) in [5.74, 6) is 0.414. The fraction of sp³-hybridized carbons (Fsp3) is 0.762. The van der Waals surface area contributed by atoms with Crippen LogP contribution in [-0.4, -0.2) is 24.1 Å². The van der Waals surface area contributed by atoms with Crippen molar-refractivity contribution in [2.24, 2.45) is 28.6 Å². The van der Waals surface area contributed by atoms with Gasteiger partial charge >= 0.3 is 5.97 Å². The van der Waals surface area contributed by atoms with E-state index in [1.54, 1.807) is 0 Å². The highest BCUT2D eigenvalue weighted by molar-refractivity contribution is 5.97. The van der Waals surface area contributed by atoms with Crippen molar-refractivity contribution in [3.8, 4) is 0 Å². The van der Waals surface area contributed by atoms with Crippen molar-refractivity contribution in [3.63, 3.8) is 0 Å². The molecule has 4 rings (SSSR count). The quantitative estimate of drug-likeness (QED) is 0.718. The molecule has 0 amide bonds. The minimum atomic E-state index is -0.612. The van der Waals surface area contributed by atoms with Gasteiger partial charge in [-0.15, -0.1) is 0 Å². The normalized spacial score (nSPS) is 43.0. The lowest BCUT2D eigenvalue weighted by Gasteiger charge is -2.55. The molecule has 3 fully saturated rings. The second-order valence-electron chi connectivity index (χ2n) is 8.87. The Hall–Kier alpha value is -1.45. The lowest BCUT2D eigenvalue weighted by atomic mass is 9.47. The van der Waals surface area contributed by atoms with Gasteiger partial charge in [0, 0.05) is 19.3 Å². The maximum absolute atomic E-state index is 13.1. The van der Waals surface area contributed by atoms with Gasteiger partial charge in [-0.3, -0.25) is 14.4 Å². The van der Waals surface area contributed by atoms with Crippen molar-refractivity contribution >= 4 is 17.5 Å². The molecule has 4 aliphatic carbocycles. The summed E-state index contributed by atoms with van der Waals surface area (Å²) in [6.07, 6.45) is 9.50. The second kappa shape index (κ2) is 5.78. The standard InChI is InChI=1S/C21H28O4/c1-13(22)25-12-21-10-8-15-19(16(21)6-7-18(21)24)17(23)11-14-5-3-4-9-20(14,15)2/h11,15-16,19H,3-10,12H2,1-2H3/t15-,16-,19+,20-,21+/m0/s1. The first-order chi connectivity index (χ1) is 11.9. The minimum Gasteiger partial charge on any atom is -0.465 e. The summed E-state index contributed by atoms with van der Waals surface area (Å²) in [6.45, 7) is 3.90. The van der Waals surface area contributed by atoms with Gasteiger partial charge in [-0.1, -0.05) is 18.9 Å². The van der Waals surface area contributed by atoms with Crippen LogP contribution in [0.15, 0.2) is 11.6 Å². The first-order valence-electron chi connectivity index (χ1n) is 9.80. The molecule has 4 nitrogen and oxygen atoms in total. The van der Waals surface area contributed by atoms with Gasteiger partial charge in [0.05, 0.1) is 5.41 Å². The van der Waals surface area contributed by atoms with Crippen LogP contribution in [0, 0.1) is 28.6 Å². The molecule has 0 saturated heterocycles. The Kier molecular flexibility index (Phi) is 3.93. The Bertz CT molecular complexity index is 663. The number of hydrogen-bond donors (Lipinski definition) is 0. The van der Waals surface area contributed by atoms with Crippen molar-refractivity contribution in [1.29, 1.82) is 0 Å². The number of carbonyl (C=O) groups is 3. The van der Waals surface area contributed by atoms with Crippen LogP contribution < -0.4 is 0 Å². The highest BCUT2D eigenvalue weighted by atomic mass is 16.5. The van der Waals surface area contributed by atoms with Crippen molar-refractivity contribution < 1.29 is 19.1 Å². The average Bonchev–Trinajstić information content (AvgIpc) is 2.91. The zero-order valence-electron chi connectivity index (χ0n) is 15.3. The number of Topliss-reactive ketones (excluding diaryl/α,β-unsaturated/α-hetero) is 1. The van der Waals surface area contributed by atoms with E-state index in [1.165, 1.54) is 25.3 Å². The van der Waals surface area contributed by atoms with Gasteiger partial charge in [-0.2, -0.15) is 0 Å². The molecule has 136 valence electrons. The zero-order valence-corrected chi connectivity index (χ0v) is 15.3. The molecule has 3 saturated carbocycles. The van der Waals surface area contributed by atoms with E-state index in [-0.39, 0.29) is 41.4 Å². The third-order valence-corrected chi connectivity index (χ3v) is 7.84. The molecule has 0 unspecified atom stereocenters. The van der Waals surface area contributed by atoms with E-state index >= 15 is 0 Å². The molecule has 0 spiro atoms. The van der Waals surface area contributed by atoms with Crippen molar-refractivity contribution in [2.75, 3.05) is 6.61 Å². The van der Waals surface area contributed by atoms with E-state index in [2.05, 4.69) is 6.92 Å². The number of allylic oxidation sites excluding steroid dienone is 2. The Labute approximate surface area is 149 Å². The maximum atomic E-state index is 13.1. The fourth-order valence-corrected chi connectivity index (χ4v) is 6.52. The number of ketones is 2. The molecule has 0 aromatic rings. The largest absolute Gasteiger partial charge is 0.465 e. The summed E-state index contributed by atoms with van der Waals surface area (Å²) >= 11 is 0. The molecule has 25 heavy (non-hydrogen) atoms. The van der Waals surface area contributed by atoms with Gasteiger partial charge in [0.1, 0.15) is 12.4 Å². The molecule has 0 aromatic heterocycles. The molecule has 0 N–H and O–H groups in total. The van der Waals surface area contributed by atoms with Gasteiger partial charge in [0.15, 0.2) is 5.78 Å². The van der Waals surface area contributed by atoms with E-state index in [9.17, 15) is 14.4 Å². The number of ether oxygens (including phenoxy) is 1. The average molecular weight is 344 g/mol. The second-order valence-corrected chi connectivity index (χ2v) is 8.87. The number of esters is 1. The molecule has 0 radical (unpaired) electrons. The Morgan fingerprint density at radius 1 is 1.16 bits per heavy atom. The van der Waals surface area contributed by atoms with E-state index in [1.807, 2.05) is 6.08 Å². The van der Waals surface area contributed by atoms with E-state index in [0.29, 0.717) is 12.3 Å². The van der Waals surface area contributed by atoms with Crippen LogP contribution in [-0.2, 0) is 19.1 Å². The molecule has 0 heterocycles. The summed E-state index contributed by atoms with van der Waals surface area (Å²) in [5.41, 5.74) is 0.858. The Balaban J connectivity index is 1.71. The van der Waals surface area contributed by atoms with Crippen LogP contribution in [0.1, 0.15) is 65.2 Å². The Morgan fingerprint density at radius 2 is 1.96 bits per heavy atom. The topological polar surface area (TPSA) is 60.4 Å². The SMILES string of the molecule is CC(=O)OC[C@]12CC[C@H]3[C@@H](C(=O)C=C4CCCC[C@@]43C)[C@@H]1CCC2=O. The van der Waals surface area contributed by atoms with Crippen molar-refractivity contribution in [2.45, 2.75) is 65.2 Å². The number of fused-ring (bicyclic) bond motifs is 5. The van der Waals surface area contributed by atoms with Gasteiger partial charge in [0.25, 0.3) is 0 Å². The lowest BCUT2D eigenvalue weighted by molar-refractivity contribution is -0.156. The molecule has 4 heteroatoms. The summed E-state index contributed by atoms with van der Waals surface area (Å²) in [7, 11) is 0. The molecular weight excluding hydrogens is 316 g/mol. The van der Waals surface area contributed by atoms with Crippen molar-refractivity contribution in [3.05, 3.63) is 11.6 Å². The smallest absolute Gasteiger partial charge is 0.302 e. The highest BCUT2D eigenvalue weighted by Gasteiger charge is 2.62. The summed E-state index contributed by atoms with van der Waals surface area (Å²) in [5, 5.41) is 0. The third-order valence-electron chi connectivity index (χ3n) is 7.84. The fourth-order valence-electron chi connectivity index (χ4n) is 6.52. The minimum absolute atomic E-state index is 0.0437. The van der Waals surface area contributed by atoms with Crippen LogP contribution in [0.3, 0.4) is 0 Å². The number of rotatable bonds is 2. The molecule has 0 bridgehead atoms. The number of carbonyl (C=O) groups excluding carboxylic acids is 3. The zero-order chi connectivity index (χ0) is 17.8. The molecule has 5 atom stereocenters. The van der Waals surface area contributed by atoms with Gasteiger partial charge in [0.2, 0.25) is 0 Å². The Morgan fingerprint density at radius 3 is 2.72 bits per heavy atom. The monoisotopic (exact) mass is 344 g/mol. The van der Waals surface area contributed by atoms with Crippen LogP contribution in [0.4, 0.5) is 0 Å². The predicted octanol–water partition coefficient (Wildman–Crippen LogP) is 3.63. The summed E-state index contributed by atoms with van der Waals surface area (Å²) in [4.78, 5) is 37.2. The van der Waals surface area contributed by atoms with Gasteiger partial charge < -0.3 is 4.74 Å². The van der Waals surface area contributed by atoms with E-state index < -0.39 is 5.41 Å². The summed E-state index contributed by atoms with van der Waals surface area (Å²) < 4.78 is 5.32. The highest BCUT2D eigenvalue weighted by Crippen LogP contribution is 2.63. The van der Waals surface area contributed by atoms with Crippen LogP contribution in [0.25, 0.3) is 0 Å². The van der Waals surface area contributed by atoms with Crippen LogP contribution >= 0.6 is 0 Å². The molecule has 4 aliphatic rings. The van der Waals surface area contributed by atoms with Gasteiger partial charge in [-0.25, -0.2) is 0 Å². The number of hydrogen-bond acceptors (Lipinski definition) is 4. The maximum Gasteiger partial charge on any atom is 0.302 e. The van der Waals surface area contributed by atoms with E-state index in [0.717, 1.165) is 32.1 Å². The molecule has 0 aliphatic heterocycles. The first kappa shape index (κ1) is 17.0. The summed E-state index contributed by atoms with van der Waals surface area (Å²) in [6, 6.07) is 0. The van der Waals surface area contributed by atoms with Gasteiger partial charge in [-0.05, 0) is 61.9 Å². The lowest BCUT2D eigenvalue weighted by Crippen LogP contribution is -2.55. The van der Waals surface area contributed by atoms with Crippen LogP contribution in [0.2, 0.25) is 0 Å². The molecular formula is C21H28O4. The van der Waals surface area contributed by atoms with Crippen LogP contribution in [0.5, 0.6) is 0 Å². The third kappa shape index (κ3) is 2.36.